The summed E-state index contributed by atoms with van der Waals surface area (Å²) in [5.74, 6) is 0.855. The van der Waals surface area contributed by atoms with E-state index in [2.05, 4.69) is 30.1 Å². The Kier molecular flexibility index (Phi) is 3.60. The van der Waals surface area contributed by atoms with Gasteiger partial charge >= 0.3 is 0 Å². The Morgan fingerprint density at radius 3 is 2.67 bits per heavy atom. The van der Waals surface area contributed by atoms with E-state index in [0.29, 0.717) is 6.61 Å². The van der Waals surface area contributed by atoms with E-state index in [0.717, 1.165) is 60.8 Å². The first-order chi connectivity index (χ1) is 10.0. The van der Waals surface area contributed by atoms with Gasteiger partial charge in [0.2, 0.25) is 0 Å². The second-order valence-corrected chi connectivity index (χ2v) is 6.43. The molecule has 21 heavy (non-hydrogen) atoms. The fourth-order valence-electron chi connectivity index (χ4n) is 3.14. The van der Waals surface area contributed by atoms with Crippen molar-refractivity contribution in [1.82, 2.24) is 10.3 Å². The number of ether oxygens (including phenoxy) is 1. The topological polar surface area (TPSA) is 61.2 Å². The third-order valence-corrected chi connectivity index (χ3v) is 4.34. The van der Waals surface area contributed by atoms with Crippen LogP contribution >= 0.6 is 0 Å². The number of hydrogen-bond donors (Lipinski definition) is 1. The average molecular weight is 286 g/mol. The number of nitriles is 1. The molecule has 0 spiro atoms. The Balaban J connectivity index is 2.10. The number of nitrogens with zero attached hydrogens (tertiary/aromatic N) is 3. The molecule has 2 aliphatic rings. The molecule has 0 atom stereocenters. The molecule has 3 rings (SSSR count). The maximum atomic E-state index is 9.69. The van der Waals surface area contributed by atoms with Gasteiger partial charge < -0.3 is 15.0 Å². The number of rotatable bonds is 1. The normalized spacial score (nSPS) is 20.8. The van der Waals surface area contributed by atoms with Crippen molar-refractivity contribution in [3.8, 4) is 6.07 Å². The summed E-state index contributed by atoms with van der Waals surface area (Å²) in [6.07, 6.45) is 0.772. The summed E-state index contributed by atoms with van der Waals surface area (Å²) in [6.45, 7) is 10.4. The van der Waals surface area contributed by atoms with E-state index in [1.165, 1.54) is 0 Å². The van der Waals surface area contributed by atoms with Crippen molar-refractivity contribution in [3.63, 3.8) is 0 Å². The molecule has 1 aromatic heterocycles. The maximum Gasteiger partial charge on any atom is 0.147 e. The summed E-state index contributed by atoms with van der Waals surface area (Å²) in [7, 11) is 0. The number of hydrogen-bond acceptors (Lipinski definition) is 5. The van der Waals surface area contributed by atoms with Gasteiger partial charge in [0.1, 0.15) is 11.9 Å². The molecule has 2 aliphatic heterocycles. The lowest BCUT2D eigenvalue weighted by atomic mass is 9.88. The van der Waals surface area contributed by atoms with E-state index in [9.17, 15) is 5.26 Å². The highest BCUT2D eigenvalue weighted by Crippen LogP contribution is 2.35. The second kappa shape index (κ2) is 5.28. The molecular formula is C16H22N4O. The number of aromatic nitrogens is 1. The van der Waals surface area contributed by atoms with Gasteiger partial charge in [0.05, 0.1) is 17.8 Å². The average Bonchev–Trinajstić information content (AvgIpc) is 2.46. The zero-order chi connectivity index (χ0) is 15.0. The van der Waals surface area contributed by atoms with Crippen molar-refractivity contribution in [2.75, 3.05) is 31.1 Å². The molecule has 1 N–H and O–H groups in total. The fraction of sp³-hybridized carbons (Fsp3) is 0.625. The van der Waals surface area contributed by atoms with Crippen LogP contribution < -0.4 is 10.2 Å². The predicted molar refractivity (Wildman–Crippen MR) is 81.3 cm³/mol. The SMILES string of the molecule is Cc1nc(N2CCNCC2)c(C#N)c2c1COC(C)(C)C2. The van der Waals surface area contributed by atoms with Gasteiger partial charge in [-0.25, -0.2) is 4.98 Å². The Morgan fingerprint density at radius 1 is 1.29 bits per heavy atom. The third-order valence-electron chi connectivity index (χ3n) is 4.34. The quantitative estimate of drug-likeness (QED) is 0.848. The van der Waals surface area contributed by atoms with Crippen molar-refractivity contribution in [1.29, 1.82) is 5.26 Å². The number of fused-ring (bicyclic) bond motifs is 1. The van der Waals surface area contributed by atoms with Gasteiger partial charge in [-0.05, 0) is 26.3 Å². The Hall–Kier alpha value is -1.64. The maximum absolute atomic E-state index is 9.69. The highest BCUT2D eigenvalue weighted by atomic mass is 16.5. The van der Waals surface area contributed by atoms with Crippen molar-refractivity contribution >= 4 is 5.82 Å². The summed E-state index contributed by atoms with van der Waals surface area (Å²) in [6, 6.07) is 2.41. The minimum Gasteiger partial charge on any atom is -0.370 e. The molecule has 0 bridgehead atoms. The van der Waals surface area contributed by atoms with E-state index in [1.807, 2.05) is 6.92 Å². The number of aryl methyl sites for hydroxylation is 1. The molecule has 1 fully saturated rings. The van der Waals surface area contributed by atoms with Gasteiger partial charge in [0.25, 0.3) is 0 Å². The lowest BCUT2D eigenvalue weighted by Crippen LogP contribution is -2.44. The minimum atomic E-state index is -0.215. The summed E-state index contributed by atoms with van der Waals surface area (Å²) >= 11 is 0. The number of piperazine rings is 1. The van der Waals surface area contributed by atoms with E-state index in [1.54, 1.807) is 0 Å². The Bertz CT molecular complexity index is 597. The van der Waals surface area contributed by atoms with Crippen LogP contribution in [0.2, 0.25) is 0 Å². The molecular weight excluding hydrogens is 264 g/mol. The van der Waals surface area contributed by atoms with Crippen LogP contribution in [0.15, 0.2) is 0 Å². The molecule has 5 nitrogen and oxygen atoms in total. The highest BCUT2D eigenvalue weighted by Gasteiger charge is 2.32. The standard InChI is InChI=1S/C16H22N4O/c1-11-14-10-21-16(2,3)8-12(14)13(9-17)15(19-11)20-6-4-18-5-7-20/h18H,4-8,10H2,1-3H3. The van der Waals surface area contributed by atoms with Crippen molar-refractivity contribution in [2.45, 2.75) is 39.4 Å². The van der Waals surface area contributed by atoms with E-state index in [-0.39, 0.29) is 5.60 Å². The Labute approximate surface area is 125 Å². The molecule has 112 valence electrons. The van der Waals surface area contributed by atoms with Crippen molar-refractivity contribution in [3.05, 3.63) is 22.4 Å². The van der Waals surface area contributed by atoms with Gasteiger partial charge in [-0.1, -0.05) is 0 Å². The third kappa shape index (κ3) is 2.61. The molecule has 0 saturated carbocycles. The van der Waals surface area contributed by atoms with Gasteiger partial charge in [0, 0.05) is 43.9 Å². The smallest absolute Gasteiger partial charge is 0.147 e. The van der Waals surface area contributed by atoms with Crippen LogP contribution in [-0.2, 0) is 17.8 Å². The first-order valence-corrected chi connectivity index (χ1v) is 7.54. The summed E-state index contributed by atoms with van der Waals surface area (Å²) in [5, 5.41) is 13.0. The van der Waals surface area contributed by atoms with Crippen LogP contribution in [0, 0.1) is 18.3 Å². The molecule has 1 aromatic rings. The van der Waals surface area contributed by atoms with E-state index < -0.39 is 0 Å². The molecule has 0 aliphatic carbocycles. The molecule has 0 aromatic carbocycles. The molecule has 0 unspecified atom stereocenters. The van der Waals surface area contributed by atoms with Crippen LogP contribution in [-0.4, -0.2) is 36.8 Å². The number of anilines is 1. The van der Waals surface area contributed by atoms with Crippen LogP contribution in [0.25, 0.3) is 0 Å². The molecule has 1 saturated heterocycles. The zero-order valence-corrected chi connectivity index (χ0v) is 13.0. The van der Waals surface area contributed by atoms with Crippen molar-refractivity contribution in [2.24, 2.45) is 0 Å². The van der Waals surface area contributed by atoms with Crippen LogP contribution in [0.1, 0.15) is 36.2 Å². The monoisotopic (exact) mass is 286 g/mol. The zero-order valence-electron chi connectivity index (χ0n) is 13.0. The van der Waals surface area contributed by atoms with Gasteiger partial charge in [-0.15, -0.1) is 0 Å². The Morgan fingerprint density at radius 2 is 2.00 bits per heavy atom. The first-order valence-electron chi connectivity index (χ1n) is 7.54. The van der Waals surface area contributed by atoms with Gasteiger partial charge in [-0.2, -0.15) is 5.26 Å². The van der Waals surface area contributed by atoms with E-state index >= 15 is 0 Å². The summed E-state index contributed by atoms with van der Waals surface area (Å²) in [4.78, 5) is 6.95. The molecule has 5 heteroatoms. The van der Waals surface area contributed by atoms with E-state index in [4.69, 9.17) is 9.72 Å². The van der Waals surface area contributed by atoms with Crippen LogP contribution in [0.3, 0.4) is 0 Å². The van der Waals surface area contributed by atoms with Crippen LogP contribution in [0.4, 0.5) is 5.82 Å². The molecule has 3 heterocycles. The van der Waals surface area contributed by atoms with Crippen molar-refractivity contribution < 1.29 is 4.74 Å². The highest BCUT2D eigenvalue weighted by molar-refractivity contribution is 5.61. The lowest BCUT2D eigenvalue weighted by molar-refractivity contribution is -0.0405. The molecule has 0 radical (unpaired) electrons. The van der Waals surface area contributed by atoms with Gasteiger partial charge in [-0.3, -0.25) is 0 Å². The van der Waals surface area contributed by atoms with Gasteiger partial charge in [0.15, 0.2) is 0 Å². The van der Waals surface area contributed by atoms with Crippen LogP contribution in [0.5, 0.6) is 0 Å². The fourth-order valence-corrected chi connectivity index (χ4v) is 3.14. The summed E-state index contributed by atoms with van der Waals surface area (Å²) in [5.41, 5.74) is 3.76. The number of nitrogens with one attached hydrogen (secondary N) is 1. The largest absolute Gasteiger partial charge is 0.370 e. The minimum absolute atomic E-state index is 0.215. The lowest BCUT2D eigenvalue weighted by Gasteiger charge is -2.35. The number of pyridine rings is 1. The first kappa shape index (κ1) is 14.3. The summed E-state index contributed by atoms with van der Waals surface area (Å²) < 4.78 is 5.88. The second-order valence-electron chi connectivity index (χ2n) is 6.43. The molecule has 0 amide bonds. The predicted octanol–water partition coefficient (Wildman–Crippen LogP) is 1.52.